The molecule has 6 nitrogen and oxygen atoms in total. The number of benzene rings is 1. The van der Waals surface area contributed by atoms with Crippen LogP contribution in [-0.2, 0) is 9.59 Å². The van der Waals surface area contributed by atoms with E-state index < -0.39 is 17.7 Å². The van der Waals surface area contributed by atoms with E-state index in [9.17, 15) is 14.7 Å². The van der Waals surface area contributed by atoms with Crippen molar-refractivity contribution in [2.45, 2.75) is 33.7 Å². The van der Waals surface area contributed by atoms with E-state index in [4.69, 9.17) is 0 Å². The summed E-state index contributed by atoms with van der Waals surface area (Å²) in [5, 5.41) is 11.2. The quantitative estimate of drug-likeness (QED) is 0.432. The number of pyridine rings is 1. The SMILES string of the molecule is CCN(CC)CCN1C(=O)C(=O)/C(=C(/O)c2cc(C)ccc2C)[C@@H]1c1cccnc1. The Morgan fingerprint density at radius 3 is 2.53 bits per heavy atom. The number of hydrogen-bond donors (Lipinski definition) is 1. The molecule has 2 heterocycles. The molecule has 1 amide bonds. The summed E-state index contributed by atoms with van der Waals surface area (Å²) in [6.45, 7) is 10.7. The predicted octanol–water partition coefficient (Wildman–Crippen LogP) is 3.46. The summed E-state index contributed by atoms with van der Waals surface area (Å²) in [5.74, 6) is -1.36. The summed E-state index contributed by atoms with van der Waals surface area (Å²) in [7, 11) is 0. The largest absolute Gasteiger partial charge is 0.507 e. The second-order valence-corrected chi connectivity index (χ2v) is 7.62. The molecule has 2 aromatic rings. The lowest BCUT2D eigenvalue weighted by molar-refractivity contribution is -0.140. The lowest BCUT2D eigenvalue weighted by Gasteiger charge is -2.28. The van der Waals surface area contributed by atoms with Crippen LogP contribution in [0.1, 0.15) is 42.1 Å². The van der Waals surface area contributed by atoms with E-state index >= 15 is 0 Å². The van der Waals surface area contributed by atoms with Gasteiger partial charge in [0.25, 0.3) is 11.7 Å². The van der Waals surface area contributed by atoms with Crippen LogP contribution in [0.25, 0.3) is 5.76 Å². The standard InChI is InChI=1S/C24H29N3O3/c1-5-26(6-2)12-13-27-21(18-8-7-11-25-15-18)20(23(29)24(27)30)22(28)19-14-16(3)9-10-17(19)4/h7-11,14-15,21,28H,5-6,12-13H2,1-4H3/b22-20+/t21-/m0/s1. The van der Waals surface area contributed by atoms with Crippen molar-refractivity contribution < 1.29 is 14.7 Å². The first-order chi connectivity index (χ1) is 14.4. The number of rotatable bonds is 7. The van der Waals surface area contributed by atoms with Gasteiger partial charge in [-0.15, -0.1) is 0 Å². The minimum atomic E-state index is -0.658. The first-order valence-electron chi connectivity index (χ1n) is 10.4. The number of carbonyl (C=O) groups excluding carboxylic acids is 2. The molecule has 0 saturated carbocycles. The summed E-state index contributed by atoms with van der Waals surface area (Å²) in [5.41, 5.74) is 3.23. The van der Waals surface area contributed by atoms with E-state index in [0.717, 1.165) is 24.2 Å². The van der Waals surface area contributed by atoms with Crippen LogP contribution in [0.5, 0.6) is 0 Å². The molecule has 3 rings (SSSR count). The first-order valence-corrected chi connectivity index (χ1v) is 10.4. The lowest BCUT2D eigenvalue weighted by Crippen LogP contribution is -2.38. The van der Waals surface area contributed by atoms with Crippen LogP contribution in [0, 0.1) is 13.8 Å². The summed E-state index contributed by atoms with van der Waals surface area (Å²) in [6.07, 6.45) is 3.30. The molecule has 0 radical (unpaired) electrons. The Bertz CT molecular complexity index is 965. The summed E-state index contributed by atoms with van der Waals surface area (Å²) >= 11 is 0. The molecule has 6 heteroatoms. The van der Waals surface area contributed by atoms with E-state index in [2.05, 4.69) is 23.7 Å². The van der Waals surface area contributed by atoms with Crippen LogP contribution in [0.2, 0.25) is 0 Å². The zero-order valence-electron chi connectivity index (χ0n) is 18.1. The number of likely N-dealkylation sites (N-methyl/N-ethyl adjacent to an activating group) is 1. The number of aromatic nitrogens is 1. The second-order valence-electron chi connectivity index (χ2n) is 7.62. The molecule has 0 bridgehead atoms. The Hall–Kier alpha value is -2.99. The van der Waals surface area contributed by atoms with Crippen molar-refractivity contribution in [3.8, 4) is 0 Å². The molecule has 0 spiro atoms. The Morgan fingerprint density at radius 1 is 1.17 bits per heavy atom. The fourth-order valence-corrected chi connectivity index (χ4v) is 3.92. The fourth-order valence-electron chi connectivity index (χ4n) is 3.92. The molecular formula is C24H29N3O3. The van der Waals surface area contributed by atoms with Gasteiger partial charge in [-0.05, 0) is 50.2 Å². The zero-order chi connectivity index (χ0) is 21.8. The smallest absolute Gasteiger partial charge is 0.295 e. The Kier molecular flexibility index (Phi) is 6.67. The van der Waals surface area contributed by atoms with E-state index in [0.29, 0.717) is 24.2 Å². The monoisotopic (exact) mass is 407 g/mol. The fraction of sp³-hybridized carbons (Fsp3) is 0.375. The highest BCUT2D eigenvalue weighted by Crippen LogP contribution is 2.39. The Morgan fingerprint density at radius 2 is 1.90 bits per heavy atom. The van der Waals surface area contributed by atoms with Crippen LogP contribution in [0.15, 0.2) is 48.3 Å². The van der Waals surface area contributed by atoms with Gasteiger partial charge in [-0.1, -0.05) is 37.6 Å². The average molecular weight is 408 g/mol. The third-order valence-corrected chi connectivity index (χ3v) is 5.74. The molecule has 1 saturated heterocycles. The summed E-state index contributed by atoms with van der Waals surface area (Å²) in [6, 6.07) is 8.65. The van der Waals surface area contributed by atoms with Crippen LogP contribution in [-0.4, -0.2) is 57.8 Å². The van der Waals surface area contributed by atoms with Crippen LogP contribution < -0.4 is 0 Å². The topological polar surface area (TPSA) is 73.7 Å². The van der Waals surface area contributed by atoms with Crippen molar-refractivity contribution >= 4 is 17.4 Å². The molecule has 1 N–H and O–H groups in total. The summed E-state index contributed by atoms with van der Waals surface area (Å²) in [4.78, 5) is 34.0. The number of aryl methyl sites for hydroxylation is 2. The van der Waals surface area contributed by atoms with Gasteiger partial charge in [0, 0.05) is 31.0 Å². The van der Waals surface area contributed by atoms with E-state index in [-0.39, 0.29) is 11.3 Å². The van der Waals surface area contributed by atoms with Gasteiger partial charge in [-0.2, -0.15) is 0 Å². The maximum Gasteiger partial charge on any atom is 0.295 e. The number of ketones is 1. The molecule has 1 aromatic heterocycles. The zero-order valence-corrected chi connectivity index (χ0v) is 18.1. The number of likely N-dealkylation sites (tertiary alicyclic amines) is 1. The molecular weight excluding hydrogens is 378 g/mol. The van der Waals surface area contributed by atoms with Crippen LogP contribution in [0.3, 0.4) is 0 Å². The molecule has 1 atom stereocenters. The molecule has 30 heavy (non-hydrogen) atoms. The molecule has 0 unspecified atom stereocenters. The number of aliphatic hydroxyl groups is 1. The highest BCUT2D eigenvalue weighted by molar-refractivity contribution is 6.46. The van der Waals surface area contributed by atoms with Crippen LogP contribution in [0.4, 0.5) is 0 Å². The van der Waals surface area contributed by atoms with Gasteiger partial charge in [0.15, 0.2) is 0 Å². The highest BCUT2D eigenvalue weighted by atomic mass is 16.3. The Balaban J connectivity index is 2.12. The molecule has 1 fully saturated rings. The average Bonchev–Trinajstić information content (AvgIpc) is 3.01. The minimum absolute atomic E-state index is 0.126. The van der Waals surface area contributed by atoms with Crippen molar-refractivity contribution in [3.05, 3.63) is 70.6 Å². The van der Waals surface area contributed by atoms with Gasteiger partial charge >= 0.3 is 0 Å². The predicted molar refractivity (Wildman–Crippen MR) is 117 cm³/mol. The number of amides is 1. The third kappa shape index (κ3) is 4.14. The van der Waals surface area contributed by atoms with Gasteiger partial charge in [0.1, 0.15) is 5.76 Å². The van der Waals surface area contributed by atoms with Crippen molar-refractivity contribution in [3.63, 3.8) is 0 Å². The van der Waals surface area contributed by atoms with Crippen molar-refractivity contribution in [1.29, 1.82) is 0 Å². The second kappa shape index (κ2) is 9.22. The van der Waals surface area contributed by atoms with E-state index in [1.165, 1.54) is 0 Å². The first kappa shape index (κ1) is 21.7. The number of Topliss-reactive ketones (excluding diaryl/α,β-unsaturated/α-hetero) is 1. The Labute approximate surface area is 177 Å². The van der Waals surface area contributed by atoms with Gasteiger partial charge in [-0.25, -0.2) is 0 Å². The number of hydrogen-bond acceptors (Lipinski definition) is 5. The number of nitrogens with zero attached hydrogens (tertiary/aromatic N) is 3. The summed E-state index contributed by atoms with van der Waals surface area (Å²) < 4.78 is 0. The molecule has 0 aliphatic carbocycles. The van der Waals surface area contributed by atoms with E-state index in [1.807, 2.05) is 38.1 Å². The maximum atomic E-state index is 13.1. The van der Waals surface area contributed by atoms with Crippen molar-refractivity contribution in [2.75, 3.05) is 26.2 Å². The molecule has 158 valence electrons. The number of carbonyl (C=O) groups is 2. The van der Waals surface area contributed by atoms with Gasteiger partial charge in [0.2, 0.25) is 0 Å². The molecule has 1 aliphatic heterocycles. The van der Waals surface area contributed by atoms with E-state index in [1.54, 1.807) is 23.4 Å². The minimum Gasteiger partial charge on any atom is -0.507 e. The maximum absolute atomic E-state index is 13.1. The number of aliphatic hydroxyl groups excluding tert-OH is 1. The van der Waals surface area contributed by atoms with Crippen molar-refractivity contribution in [1.82, 2.24) is 14.8 Å². The van der Waals surface area contributed by atoms with Gasteiger partial charge in [0.05, 0.1) is 11.6 Å². The van der Waals surface area contributed by atoms with Crippen LogP contribution >= 0.6 is 0 Å². The third-order valence-electron chi connectivity index (χ3n) is 5.74. The molecule has 1 aliphatic rings. The molecule has 1 aromatic carbocycles. The lowest BCUT2D eigenvalue weighted by atomic mass is 9.94. The normalized spacial score (nSPS) is 18.4. The van der Waals surface area contributed by atoms with Gasteiger partial charge < -0.3 is 14.9 Å². The van der Waals surface area contributed by atoms with Crippen molar-refractivity contribution in [2.24, 2.45) is 0 Å². The van der Waals surface area contributed by atoms with Gasteiger partial charge in [-0.3, -0.25) is 14.6 Å². The highest BCUT2D eigenvalue weighted by Gasteiger charge is 2.46.